The fourth-order valence-electron chi connectivity index (χ4n) is 5.18. The van der Waals surface area contributed by atoms with E-state index in [4.69, 9.17) is 0 Å². The van der Waals surface area contributed by atoms with Gasteiger partial charge in [0.25, 0.3) is 0 Å². The highest BCUT2D eigenvalue weighted by Gasteiger charge is 2.41. The first kappa shape index (κ1) is 23.4. The van der Waals surface area contributed by atoms with E-state index >= 15 is 0 Å². The smallest absolute Gasteiger partial charge is 0.228 e. The number of amides is 2. The third-order valence-corrected chi connectivity index (χ3v) is 7.37. The van der Waals surface area contributed by atoms with Crippen LogP contribution < -0.4 is 0 Å². The molecule has 33 heavy (non-hydrogen) atoms. The standard InChI is InChI=1S/C27H34FN3O2/c1-20-16-23(6-11-29-20)17-21-7-12-31(13-8-21)26(33)27(2)9-14-30(15-10-27)25(32)19-22-4-3-5-24(28)18-22/h3-6,11,16,18,21H,7-10,12-15,17,19H2,1-2H3. The van der Waals surface area contributed by atoms with Crippen molar-refractivity contribution in [1.82, 2.24) is 14.8 Å². The Bertz CT molecular complexity index is 992. The van der Waals surface area contributed by atoms with Gasteiger partial charge in [-0.2, -0.15) is 0 Å². The predicted molar refractivity (Wildman–Crippen MR) is 126 cm³/mol. The van der Waals surface area contributed by atoms with Crippen LogP contribution in [0, 0.1) is 24.1 Å². The number of hydrogen-bond donors (Lipinski definition) is 0. The molecule has 2 fully saturated rings. The lowest BCUT2D eigenvalue weighted by Crippen LogP contribution is -2.52. The van der Waals surface area contributed by atoms with Gasteiger partial charge in [-0.25, -0.2) is 4.39 Å². The summed E-state index contributed by atoms with van der Waals surface area (Å²) in [4.78, 5) is 34.2. The van der Waals surface area contributed by atoms with Crippen LogP contribution in [0.2, 0.25) is 0 Å². The summed E-state index contributed by atoms with van der Waals surface area (Å²) in [5.41, 5.74) is 2.66. The number of benzene rings is 1. The number of halogens is 1. The molecule has 0 spiro atoms. The van der Waals surface area contributed by atoms with Crippen LogP contribution in [-0.2, 0) is 22.4 Å². The summed E-state index contributed by atoms with van der Waals surface area (Å²) in [5, 5.41) is 0. The number of carbonyl (C=O) groups excluding carboxylic acids is 2. The minimum atomic E-state index is -0.412. The summed E-state index contributed by atoms with van der Waals surface area (Å²) >= 11 is 0. The van der Waals surface area contributed by atoms with Crippen LogP contribution in [0.5, 0.6) is 0 Å². The Morgan fingerprint density at radius 1 is 1.03 bits per heavy atom. The molecule has 0 saturated carbocycles. The molecule has 5 nitrogen and oxygen atoms in total. The van der Waals surface area contributed by atoms with E-state index in [-0.39, 0.29) is 24.1 Å². The van der Waals surface area contributed by atoms with Crippen molar-refractivity contribution in [2.45, 2.75) is 52.4 Å². The Balaban J connectivity index is 1.26. The molecule has 1 aromatic carbocycles. The lowest BCUT2D eigenvalue weighted by atomic mass is 9.78. The third-order valence-electron chi connectivity index (χ3n) is 7.37. The summed E-state index contributed by atoms with van der Waals surface area (Å²) in [7, 11) is 0. The number of likely N-dealkylation sites (tertiary alicyclic amines) is 2. The van der Waals surface area contributed by atoms with Crippen LogP contribution in [0.3, 0.4) is 0 Å². The van der Waals surface area contributed by atoms with Crippen molar-refractivity contribution in [3.8, 4) is 0 Å². The van der Waals surface area contributed by atoms with Crippen LogP contribution in [-0.4, -0.2) is 52.8 Å². The number of hydrogen-bond acceptors (Lipinski definition) is 3. The van der Waals surface area contributed by atoms with E-state index in [0.717, 1.165) is 38.0 Å². The molecule has 2 aromatic rings. The maximum Gasteiger partial charge on any atom is 0.228 e. The molecule has 2 aliphatic rings. The van der Waals surface area contributed by atoms with Crippen molar-refractivity contribution in [2.24, 2.45) is 11.3 Å². The van der Waals surface area contributed by atoms with E-state index in [1.165, 1.54) is 17.7 Å². The fraction of sp³-hybridized carbons (Fsp3) is 0.519. The van der Waals surface area contributed by atoms with Crippen LogP contribution >= 0.6 is 0 Å². The van der Waals surface area contributed by atoms with E-state index in [1.54, 1.807) is 12.1 Å². The van der Waals surface area contributed by atoms with Crippen LogP contribution in [0.15, 0.2) is 42.6 Å². The second-order valence-electron chi connectivity index (χ2n) is 9.99. The average molecular weight is 452 g/mol. The molecule has 176 valence electrons. The lowest BCUT2D eigenvalue weighted by Gasteiger charge is -2.43. The monoisotopic (exact) mass is 451 g/mol. The molecule has 2 aliphatic heterocycles. The van der Waals surface area contributed by atoms with Crippen molar-refractivity contribution in [3.63, 3.8) is 0 Å². The maximum absolute atomic E-state index is 13.4. The molecule has 2 saturated heterocycles. The first-order chi connectivity index (χ1) is 15.8. The number of piperidine rings is 2. The van der Waals surface area contributed by atoms with Gasteiger partial charge in [0.15, 0.2) is 0 Å². The normalized spacial score (nSPS) is 18.9. The van der Waals surface area contributed by atoms with Crippen molar-refractivity contribution >= 4 is 11.8 Å². The van der Waals surface area contributed by atoms with Gasteiger partial charge in [-0.15, -0.1) is 0 Å². The van der Waals surface area contributed by atoms with Gasteiger partial charge < -0.3 is 9.80 Å². The molecular weight excluding hydrogens is 417 g/mol. The fourth-order valence-corrected chi connectivity index (χ4v) is 5.18. The van der Waals surface area contributed by atoms with Gasteiger partial charge in [-0.1, -0.05) is 19.1 Å². The van der Waals surface area contributed by atoms with Crippen molar-refractivity contribution in [3.05, 3.63) is 65.2 Å². The quantitative estimate of drug-likeness (QED) is 0.685. The van der Waals surface area contributed by atoms with Gasteiger partial charge in [-0.3, -0.25) is 14.6 Å². The molecule has 4 rings (SSSR count). The van der Waals surface area contributed by atoms with Gasteiger partial charge in [0.2, 0.25) is 11.8 Å². The SMILES string of the molecule is Cc1cc(CC2CCN(C(=O)C3(C)CCN(C(=O)Cc4cccc(F)c4)CC3)CC2)ccn1. The van der Waals surface area contributed by atoms with Gasteiger partial charge in [-0.05, 0) is 80.3 Å². The molecule has 0 aliphatic carbocycles. The highest BCUT2D eigenvalue weighted by atomic mass is 19.1. The number of rotatable bonds is 5. The van der Waals surface area contributed by atoms with Gasteiger partial charge in [0.1, 0.15) is 5.82 Å². The number of aromatic nitrogens is 1. The van der Waals surface area contributed by atoms with Crippen molar-refractivity contribution < 1.29 is 14.0 Å². The summed E-state index contributed by atoms with van der Waals surface area (Å²) in [6.45, 7) is 6.85. The van der Waals surface area contributed by atoms with Crippen molar-refractivity contribution in [2.75, 3.05) is 26.2 Å². The van der Waals surface area contributed by atoms with Gasteiger partial charge >= 0.3 is 0 Å². The van der Waals surface area contributed by atoms with Crippen LogP contribution in [0.1, 0.15) is 49.4 Å². The maximum atomic E-state index is 13.4. The Kier molecular flexibility index (Phi) is 7.11. The molecule has 0 unspecified atom stereocenters. The largest absolute Gasteiger partial charge is 0.342 e. The third kappa shape index (κ3) is 5.79. The topological polar surface area (TPSA) is 53.5 Å². The van der Waals surface area contributed by atoms with E-state index in [2.05, 4.69) is 24.0 Å². The van der Waals surface area contributed by atoms with Gasteiger partial charge in [0.05, 0.1) is 6.42 Å². The summed E-state index contributed by atoms with van der Waals surface area (Å²) < 4.78 is 13.4. The number of nitrogens with zero attached hydrogens (tertiary/aromatic N) is 3. The highest BCUT2D eigenvalue weighted by Crippen LogP contribution is 2.35. The molecular formula is C27H34FN3O2. The molecule has 0 atom stereocenters. The Morgan fingerprint density at radius 3 is 2.42 bits per heavy atom. The highest BCUT2D eigenvalue weighted by molar-refractivity contribution is 5.83. The van der Waals surface area contributed by atoms with Gasteiger partial charge in [0, 0.05) is 43.5 Å². The molecule has 0 N–H and O–H groups in total. The zero-order valence-electron chi connectivity index (χ0n) is 19.7. The van der Waals surface area contributed by atoms with Crippen LogP contribution in [0.25, 0.3) is 0 Å². The zero-order valence-corrected chi connectivity index (χ0v) is 19.7. The molecule has 1 aromatic heterocycles. The molecule has 0 bridgehead atoms. The second-order valence-corrected chi connectivity index (χ2v) is 9.99. The summed E-state index contributed by atoms with van der Waals surface area (Å²) in [6, 6.07) is 10.4. The minimum Gasteiger partial charge on any atom is -0.342 e. The van der Waals surface area contributed by atoms with E-state index in [1.807, 2.05) is 22.9 Å². The van der Waals surface area contributed by atoms with E-state index < -0.39 is 5.41 Å². The Labute approximate surface area is 196 Å². The predicted octanol–water partition coefficient (Wildman–Crippen LogP) is 4.18. The molecule has 6 heteroatoms. The minimum absolute atomic E-state index is 0.00209. The summed E-state index contributed by atoms with van der Waals surface area (Å²) in [6.07, 6.45) is 6.54. The number of pyridine rings is 1. The molecule has 0 radical (unpaired) electrons. The Morgan fingerprint density at radius 2 is 1.76 bits per heavy atom. The van der Waals surface area contributed by atoms with Crippen LogP contribution in [0.4, 0.5) is 4.39 Å². The average Bonchev–Trinajstić information content (AvgIpc) is 2.79. The number of carbonyl (C=O) groups is 2. The zero-order chi connectivity index (χ0) is 23.4. The molecule has 2 amide bonds. The first-order valence-electron chi connectivity index (χ1n) is 12.1. The lowest BCUT2D eigenvalue weighted by molar-refractivity contribution is -0.148. The second kappa shape index (κ2) is 10.0. The molecule has 3 heterocycles. The van der Waals surface area contributed by atoms with Crippen molar-refractivity contribution in [1.29, 1.82) is 0 Å². The Hall–Kier alpha value is -2.76. The summed E-state index contributed by atoms with van der Waals surface area (Å²) in [5.74, 6) is 0.517. The number of aryl methyl sites for hydroxylation is 1. The van der Waals surface area contributed by atoms with E-state index in [0.29, 0.717) is 37.4 Å². The first-order valence-corrected chi connectivity index (χ1v) is 12.1. The van der Waals surface area contributed by atoms with E-state index in [9.17, 15) is 14.0 Å².